The molecule has 1 saturated carbocycles. The van der Waals surface area contributed by atoms with E-state index in [4.69, 9.17) is 5.73 Å². The normalized spacial score (nSPS) is 16.1. The van der Waals surface area contributed by atoms with Gasteiger partial charge in [-0.3, -0.25) is 9.69 Å². The summed E-state index contributed by atoms with van der Waals surface area (Å²) in [5.74, 6) is 0.146. The maximum absolute atomic E-state index is 11.4. The molecular weight excluding hydrogens is 190 g/mol. The highest BCUT2D eigenvalue weighted by Crippen LogP contribution is 2.26. The molecule has 3 N–H and O–H groups in total. The van der Waals surface area contributed by atoms with E-state index in [2.05, 4.69) is 10.2 Å². The van der Waals surface area contributed by atoms with Crippen LogP contribution in [0.5, 0.6) is 0 Å². The Morgan fingerprint density at radius 3 is 2.60 bits per heavy atom. The van der Waals surface area contributed by atoms with Crippen molar-refractivity contribution in [1.82, 2.24) is 10.2 Å². The van der Waals surface area contributed by atoms with Crippen LogP contribution in [0.3, 0.4) is 0 Å². The molecule has 1 aliphatic rings. The van der Waals surface area contributed by atoms with Crippen molar-refractivity contribution in [3.63, 3.8) is 0 Å². The van der Waals surface area contributed by atoms with Gasteiger partial charge in [-0.05, 0) is 26.7 Å². The summed E-state index contributed by atoms with van der Waals surface area (Å²) in [5, 5.41) is 2.90. The zero-order valence-corrected chi connectivity index (χ0v) is 9.83. The van der Waals surface area contributed by atoms with Gasteiger partial charge in [-0.1, -0.05) is 0 Å². The molecule has 0 saturated heterocycles. The second-order valence-electron chi connectivity index (χ2n) is 4.53. The largest absolute Gasteiger partial charge is 0.354 e. The van der Waals surface area contributed by atoms with Crippen molar-refractivity contribution in [3.05, 3.63) is 0 Å². The number of nitrogens with two attached hydrogens (primary N) is 1. The van der Waals surface area contributed by atoms with Gasteiger partial charge in [0.1, 0.15) is 0 Å². The summed E-state index contributed by atoms with van der Waals surface area (Å²) in [7, 11) is 0. The van der Waals surface area contributed by atoms with E-state index < -0.39 is 0 Å². The van der Waals surface area contributed by atoms with Gasteiger partial charge in [0.15, 0.2) is 0 Å². The number of carbonyl (C=O) groups excluding carboxylic acids is 1. The molecule has 1 amide bonds. The van der Waals surface area contributed by atoms with Crippen LogP contribution in [-0.4, -0.2) is 42.5 Å². The number of nitrogens with one attached hydrogen (secondary N) is 1. The van der Waals surface area contributed by atoms with E-state index in [1.165, 1.54) is 12.8 Å². The maximum atomic E-state index is 11.4. The topological polar surface area (TPSA) is 58.4 Å². The number of rotatable bonds is 7. The van der Waals surface area contributed by atoms with Crippen LogP contribution in [0.25, 0.3) is 0 Å². The highest BCUT2D eigenvalue weighted by molar-refractivity contribution is 5.76. The SMILES string of the molecule is CC(C)NC(=O)CCN(CCN)C1CC1. The Hall–Kier alpha value is -0.610. The van der Waals surface area contributed by atoms with Gasteiger partial charge in [-0.2, -0.15) is 0 Å². The molecule has 4 nitrogen and oxygen atoms in total. The molecule has 0 spiro atoms. The van der Waals surface area contributed by atoms with Gasteiger partial charge >= 0.3 is 0 Å². The molecule has 0 radical (unpaired) electrons. The van der Waals surface area contributed by atoms with Crippen molar-refractivity contribution in [3.8, 4) is 0 Å². The van der Waals surface area contributed by atoms with Gasteiger partial charge < -0.3 is 11.1 Å². The van der Waals surface area contributed by atoms with Gasteiger partial charge in [0.25, 0.3) is 0 Å². The fraction of sp³-hybridized carbons (Fsp3) is 0.909. The zero-order valence-electron chi connectivity index (χ0n) is 9.83. The van der Waals surface area contributed by atoms with E-state index in [1.54, 1.807) is 0 Å². The minimum absolute atomic E-state index is 0.146. The number of nitrogens with zero attached hydrogens (tertiary/aromatic N) is 1. The van der Waals surface area contributed by atoms with E-state index in [-0.39, 0.29) is 11.9 Å². The molecule has 1 fully saturated rings. The van der Waals surface area contributed by atoms with Crippen molar-refractivity contribution < 1.29 is 4.79 Å². The second-order valence-corrected chi connectivity index (χ2v) is 4.53. The average Bonchev–Trinajstić information content (AvgIpc) is 2.94. The number of carbonyl (C=O) groups is 1. The molecule has 0 aromatic heterocycles. The second kappa shape index (κ2) is 6.08. The molecule has 0 atom stereocenters. The lowest BCUT2D eigenvalue weighted by atomic mass is 10.3. The first-order valence-corrected chi connectivity index (χ1v) is 5.87. The van der Waals surface area contributed by atoms with Gasteiger partial charge in [0.2, 0.25) is 5.91 Å². The van der Waals surface area contributed by atoms with E-state index in [9.17, 15) is 4.79 Å². The minimum Gasteiger partial charge on any atom is -0.354 e. The van der Waals surface area contributed by atoms with Crippen molar-refractivity contribution in [2.75, 3.05) is 19.6 Å². The van der Waals surface area contributed by atoms with Crippen molar-refractivity contribution >= 4 is 5.91 Å². The first-order chi connectivity index (χ1) is 7.13. The van der Waals surface area contributed by atoms with E-state index in [0.717, 1.165) is 13.1 Å². The fourth-order valence-corrected chi connectivity index (χ4v) is 1.72. The number of amides is 1. The molecule has 0 aromatic rings. The Labute approximate surface area is 92.2 Å². The van der Waals surface area contributed by atoms with Crippen LogP contribution in [0, 0.1) is 0 Å². The first kappa shape index (κ1) is 12.5. The zero-order chi connectivity index (χ0) is 11.3. The molecule has 0 heterocycles. The lowest BCUT2D eigenvalue weighted by Crippen LogP contribution is -2.37. The summed E-state index contributed by atoms with van der Waals surface area (Å²) < 4.78 is 0. The van der Waals surface area contributed by atoms with Crippen LogP contribution < -0.4 is 11.1 Å². The van der Waals surface area contributed by atoms with E-state index >= 15 is 0 Å². The summed E-state index contributed by atoms with van der Waals surface area (Å²) in [6.07, 6.45) is 3.13. The van der Waals surface area contributed by atoms with Gasteiger partial charge in [-0.15, -0.1) is 0 Å². The number of hydrogen-bond donors (Lipinski definition) is 2. The summed E-state index contributed by atoms with van der Waals surface area (Å²) in [6, 6.07) is 0.932. The number of hydrogen-bond acceptors (Lipinski definition) is 3. The van der Waals surface area contributed by atoms with E-state index in [1.807, 2.05) is 13.8 Å². The van der Waals surface area contributed by atoms with Crippen LogP contribution in [-0.2, 0) is 4.79 Å². The van der Waals surface area contributed by atoms with Crippen molar-refractivity contribution in [2.24, 2.45) is 5.73 Å². The Morgan fingerprint density at radius 2 is 2.13 bits per heavy atom. The van der Waals surface area contributed by atoms with Gasteiger partial charge in [-0.25, -0.2) is 0 Å². The molecule has 15 heavy (non-hydrogen) atoms. The van der Waals surface area contributed by atoms with Gasteiger partial charge in [0, 0.05) is 38.1 Å². The molecule has 0 unspecified atom stereocenters. The third kappa shape index (κ3) is 5.14. The predicted molar refractivity (Wildman–Crippen MR) is 61.5 cm³/mol. The Kier molecular flexibility index (Phi) is 5.05. The standard InChI is InChI=1S/C11H23N3O/c1-9(2)13-11(15)5-7-14(8-6-12)10-3-4-10/h9-10H,3-8,12H2,1-2H3,(H,13,15). The molecule has 0 aromatic carbocycles. The molecule has 4 heteroatoms. The van der Waals surface area contributed by atoms with Crippen molar-refractivity contribution in [2.45, 2.75) is 45.2 Å². The van der Waals surface area contributed by atoms with Gasteiger partial charge in [0.05, 0.1) is 0 Å². The van der Waals surface area contributed by atoms with Crippen LogP contribution in [0.4, 0.5) is 0 Å². The molecule has 88 valence electrons. The predicted octanol–water partition coefficient (Wildman–Crippen LogP) is 0.324. The Bertz CT molecular complexity index is 202. The first-order valence-electron chi connectivity index (χ1n) is 5.87. The highest BCUT2D eigenvalue weighted by Gasteiger charge is 2.28. The molecule has 1 rings (SSSR count). The minimum atomic E-state index is 0.146. The van der Waals surface area contributed by atoms with Crippen LogP contribution in [0.2, 0.25) is 0 Å². The summed E-state index contributed by atoms with van der Waals surface area (Å²) in [5.41, 5.74) is 5.54. The fourth-order valence-electron chi connectivity index (χ4n) is 1.72. The summed E-state index contributed by atoms with van der Waals surface area (Å²) in [4.78, 5) is 13.8. The molecule has 0 bridgehead atoms. The Balaban J connectivity index is 2.17. The smallest absolute Gasteiger partial charge is 0.221 e. The quantitative estimate of drug-likeness (QED) is 0.640. The molecule has 1 aliphatic carbocycles. The third-order valence-electron chi connectivity index (χ3n) is 2.56. The van der Waals surface area contributed by atoms with Crippen LogP contribution >= 0.6 is 0 Å². The Morgan fingerprint density at radius 1 is 1.47 bits per heavy atom. The van der Waals surface area contributed by atoms with Crippen molar-refractivity contribution in [1.29, 1.82) is 0 Å². The lowest BCUT2D eigenvalue weighted by molar-refractivity contribution is -0.121. The summed E-state index contributed by atoms with van der Waals surface area (Å²) in [6.45, 7) is 6.41. The van der Waals surface area contributed by atoms with E-state index in [0.29, 0.717) is 19.0 Å². The lowest BCUT2D eigenvalue weighted by Gasteiger charge is -2.20. The average molecular weight is 213 g/mol. The molecular formula is C11H23N3O. The molecule has 0 aliphatic heterocycles. The third-order valence-corrected chi connectivity index (χ3v) is 2.56. The maximum Gasteiger partial charge on any atom is 0.221 e. The van der Waals surface area contributed by atoms with Crippen LogP contribution in [0.15, 0.2) is 0 Å². The summed E-state index contributed by atoms with van der Waals surface area (Å²) >= 11 is 0. The highest BCUT2D eigenvalue weighted by atomic mass is 16.1. The monoisotopic (exact) mass is 213 g/mol. The van der Waals surface area contributed by atoms with Crippen LogP contribution in [0.1, 0.15) is 33.1 Å².